The summed E-state index contributed by atoms with van der Waals surface area (Å²) in [5, 5.41) is 0. The largest absolute Gasteiger partial charge is 0.702 e. The third-order valence-electron chi connectivity index (χ3n) is 1.37. The average molecular weight is 246 g/mol. The molecule has 0 aliphatic rings. The summed E-state index contributed by atoms with van der Waals surface area (Å²) in [4.78, 5) is 32.9. The summed E-state index contributed by atoms with van der Waals surface area (Å²) in [7, 11) is -3.60. The van der Waals surface area contributed by atoms with E-state index < -0.39 is 26.7 Å². The minimum Gasteiger partial charge on any atom is -0.455 e. The Balaban J connectivity index is 4.72. The van der Waals surface area contributed by atoms with Gasteiger partial charge in [0, 0.05) is 26.0 Å². The van der Waals surface area contributed by atoms with E-state index in [1.165, 1.54) is 6.55 Å². The van der Waals surface area contributed by atoms with E-state index in [2.05, 4.69) is 6.58 Å². The van der Waals surface area contributed by atoms with Gasteiger partial charge in [-0.15, -0.1) is 0 Å². The van der Waals surface area contributed by atoms with Crippen molar-refractivity contribution in [3.8, 4) is 0 Å². The second-order valence-corrected chi connectivity index (χ2v) is 5.25. The quantitative estimate of drug-likeness (QED) is 0.527. The highest BCUT2D eigenvalue weighted by Crippen LogP contribution is 2.11. The SMILES string of the molecule is C=CC(=O)O[Si](C)(OC(C)=O)OC(=O)CC. The van der Waals surface area contributed by atoms with Crippen LogP contribution in [-0.4, -0.2) is 26.7 Å². The van der Waals surface area contributed by atoms with Gasteiger partial charge in [-0.25, -0.2) is 4.79 Å². The molecule has 6 nitrogen and oxygen atoms in total. The van der Waals surface area contributed by atoms with Gasteiger partial charge in [-0.05, 0) is 0 Å². The molecule has 7 heteroatoms. The zero-order chi connectivity index (χ0) is 12.8. The smallest absolute Gasteiger partial charge is 0.455 e. The fraction of sp³-hybridized carbons (Fsp3) is 0.444. The third-order valence-corrected chi connectivity index (χ3v) is 3.20. The van der Waals surface area contributed by atoms with Gasteiger partial charge >= 0.3 is 14.8 Å². The van der Waals surface area contributed by atoms with E-state index >= 15 is 0 Å². The van der Waals surface area contributed by atoms with E-state index in [1.807, 2.05) is 0 Å². The standard InChI is InChI=1S/C9H14O6Si/c1-5-8(11)14-16(4,13-7(3)10)15-9(12)6-2/h5H,1,6H2,2-4H3. The summed E-state index contributed by atoms with van der Waals surface area (Å²) in [6.07, 6.45) is 0.990. The maximum atomic E-state index is 11.1. The van der Waals surface area contributed by atoms with Gasteiger partial charge in [0.05, 0.1) is 0 Å². The normalized spacial score (nSPS) is 13.2. The Morgan fingerprint density at radius 2 is 1.81 bits per heavy atom. The molecule has 0 N–H and O–H groups in total. The topological polar surface area (TPSA) is 78.9 Å². The molecular weight excluding hydrogens is 232 g/mol. The summed E-state index contributed by atoms with van der Waals surface area (Å²) in [6, 6.07) is 0. The van der Waals surface area contributed by atoms with Crippen LogP contribution >= 0.6 is 0 Å². The minimum atomic E-state index is -3.60. The summed E-state index contributed by atoms with van der Waals surface area (Å²) in [6.45, 7) is 7.17. The molecule has 0 aliphatic heterocycles. The first-order chi connectivity index (χ1) is 7.33. The molecule has 0 saturated carbocycles. The van der Waals surface area contributed by atoms with Crippen molar-refractivity contribution in [3.63, 3.8) is 0 Å². The van der Waals surface area contributed by atoms with Gasteiger partial charge in [-0.1, -0.05) is 13.5 Å². The van der Waals surface area contributed by atoms with Crippen LogP contribution < -0.4 is 0 Å². The van der Waals surface area contributed by atoms with Crippen molar-refractivity contribution in [1.29, 1.82) is 0 Å². The lowest BCUT2D eigenvalue weighted by Crippen LogP contribution is -2.46. The van der Waals surface area contributed by atoms with Crippen LogP contribution in [0.1, 0.15) is 20.3 Å². The zero-order valence-corrected chi connectivity index (χ0v) is 10.4. The molecule has 16 heavy (non-hydrogen) atoms. The second kappa shape index (κ2) is 6.06. The van der Waals surface area contributed by atoms with Crippen molar-refractivity contribution in [2.75, 3.05) is 0 Å². The van der Waals surface area contributed by atoms with Gasteiger partial charge in [0.25, 0.3) is 11.9 Å². The Hall–Kier alpha value is -1.63. The highest BCUT2D eigenvalue weighted by Gasteiger charge is 2.46. The summed E-state index contributed by atoms with van der Waals surface area (Å²) in [5.41, 5.74) is 0. The third kappa shape index (κ3) is 5.30. The van der Waals surface area contributed by atoms with E-state index in [9.17, 15) is 14.4 Å². The van der Waals surface area contributed by atoms with Crippen molar-refractivity contribution in [1.82, 2.24) is 0 Å². The second-order valence-electron chi connectivity index (χ2n) is 2.91. The molecule has 0 bridgehead atoms. The molecule has 0 aliphatic carbocycles. The average Bonchev–Trinajstić information content (AvgIpc) is 2.15. The Bertz CT molecular complexity index is 313. The molecule has 0 radical (unpaired) electrons. The summed E-state index contributed by atoms with van der Waals surface area (Å²) >= 11 is 0. The van der Waals surface area contributed by atoms with Gasteiger partial charge in [0.2, 0.25) is 0 Å². The molecule has 0 fully saturated rings. The molecule has 90 valence electrons. The fourth-order valence-corrected chi connectivity index (χ4v) is 2.48. The van der Waals surface area contributed by atoms with Gasteiger partial charge in [-0.2, -0.15) is 0 Å². The van der Waals surface area contributed by atoms with E-state index in [-0.39, 0.29) is 6.42 Å². The fourth-order valence-electron chi connectivity index (χ4n) is 0.827. The molecule has 1 unspecified atom stereocenters. The van der Waals surface area contributed by atoms with Crippen molar-refractivity contribution in [2.24, 2.45) is 0 Å². The van der Waals surface area contributed by atoms with Gasteiger partial charge < -0.3 is 13.3 Å². The maximum Gasteiger partial charge on any atom is 0.702 e. The summed E-state index contributed by atoms with van der Waals surface area (Å²) in [5.74, 6) is -2.10. The predicted octanol–water partition coefficient (Wildman–Crippen LogP) is 0.801. The first-order valence-electron chi connectivity index (χ1n) is 4.59. The van der Waals surface area contributed by atoms with Gasteiger partial charge in [-0.3, -0.25) is 9.59 Å². The highest BCUT2D eigenvalue weighted by molar-refractivity contribution is 6.64. The Morgan fingerprint density at radius 3 is 2.19 bits per heavy atom. The number of rotatable bonds is 5. The van der Waals surface area contributed by atoms with Crippen LogP contribution in [0.15, 0.2) is 12.7 Å². The minimum absolute atomic E-state index is 0.0928. The van der Waals surface area contributed by atoms with Crippen molar-refractivity contribution in [3.05, 3.63) is 12.7 Å². The van der Waals surface area contributed by atoms with E-state index in [1.54, 1.807) is 6.92 Å². The molecule has 0 aromatic carbocycles. The number of carbonyl (C=O) groups excluding carboxylic acids is 3. The van der Waals surface area contributed by atoms with Crippen LogP contribution in [-0.2, 0) is 27.7 Å². The summed E-state index contributed by atoms with van der Waals surface area (Å²) < 4.78 is 14.4. The Labute approximate surface area is 94.5 Å². The molecule has 0 aromatic rings. The molecule has 0 rings (SSSR count). The molecule has 0 aromatic heterocycles. The monoisotopic (exact) mass is 246 g/mol. The van der Waals surface area contributed by atoms with Crippen molar-refractivity contribution < 1.29 is 27.7 Å². The zero-order valence-electron chi connectivity index (χ0n) is 9.44. The predicted molar refractivity (Wildman–Crippen MR) is 56.1 cm³/mol. The van der Waals surface area contributed by atoms with Crippen LogP contribution in [0.25, 0.3) is 0 Å². The Morgan fingerprint density at radius 1 is 1.25 bits per heavy atom. The van der Waals surface area contributed by atoms with Crippen LogP contribution in [0.5, 0.6) is 0 Å². The molecule has 0 saturated heterocycles. The van der Waals surface area contributed by atoms with E-state index in [4.69, 9.17) is 13.3 Å². The van der Waals surface area contributed by atoms with Crippen LogP contribution in [0.3, 0.4) is 0 Å². The van der Waals surface area contributed by atoms with E-state index in [0.29, 0.717) is 0 Å². The van der Waals surface area contributed by atoms with Crippen LogP contribution in [0.4, 0.5) is 0 Å². The van der Waals surface area contributed by atoms with Crippen molar-refractivity contribution in [2.45, 2.75) is 26.8 Å². The lowest BCUT2D eigenvalue weighted by Gasteiger charge is -2.22. The first kappa shape index (κ1) is 14.4. The van der Waals surface area contributed by atoms with Crippen LogP contribution in [0.2, 0.25) is 6.55 Å². The molecule has 0 amide bonds. The Kier molecular flexibility index (Phi) is 5.44. The molecule has 0 heterocycles. The molecule has 0 spiro atoms. The van der Waals surface area contributed by atoms with Crippen molar-refractivity contribution >= 4 is 26.7 Å². The van der Waals surface area contributed by atoms with Crippen LogP contribution in [0, 0.1) is 0 Å². The molecular formula is C9H14O6Si. The van der Waals surface area contributed by atoms with Gasteiger partial charge in [0.1, 0.15) is 0 Å². The number of hydrogen-bond donors (Lipinski definition) is 0. The number of hydrogen-bond acceptors (Lipinski definition) is 6. The van der Waals surface area contributed by atoms with Gasteiger partial charge in [0.15, 0.2) is 0 Å². The number of carbonyl (C=O) groups is 3. The molecule has 1 atom stereocenters. The lowest BCUT2D eigenvalue weighted by atomic mass is 10.5. The first-order valence-corrected chi connectivity index (χ1v) is 6.82. The highest BCUT2D eigenvalue weighted by atomic mass is 28.4. The van der Waals surface area contributed by atoms with E-state index in [0.717, 1.165) is 13.0 Å². The lowest BCUT2D eigenvalue weighted by molar-refractivity contribution is -0.147. The maximum absolute atomic E-state index is 11.1.